The zero-order chi connectivity index (χ0) is 12.3. The molecule has 1 heterocycles. The minimum atomic E-state index is -0.304. The first-order chi connectivity index (χ1) is 8.22. The van der Waals surface area contributed by atoms with Gasteiger partial charge in [0.1, 0.15) is 6.10 Å². The van der Waals surface area contributed by atoms with Gasteiger partial charge in [0.05, 0.1) is 12.6 Å². The zero-order valence-corrected chi connectivity index (χ0v) is 10.4. The second-order valence-corrected chi connectivity index (χ2v) is 4.49. The molecule has 92 valence electrons. The van der Waals surface area contributed by atoms with E-state index in [0.717, 1.165) is 6.42 Å². The summed E-state index contributed by atoms with van der Waals surface area (Å²) in [5, 5.41) is 0. The number of hydrogen-bond acceptors (Lipinski definition) is 2. The lowest BCUT2D eigenvalue weighted by atomic mass is 10.1. The predicted octanol–water partition coefficient (Wildman–Crippen LogP) is 2.21. The molecular formula is C14H19NO2. The molecule has 2 unspecified atom stereocenters. The Labute approximate surface area is 102 Å². The molecule has 1 aliphatic rings. The van der Waals surface area contributed by atoms with Crippen LogP contribution < -0.4 is 0 Å². The van der Waals surface area contributed by atoms with E-state index >= 15 is 0 Å². The summed E-state index contributed by atoms with van der Waals surface area (Å²) in [4.78, 5) is 14.0. The van der Waals surface area contributed by atoms with Crippen molar-refractivity contribution in [1.82, 2.24) is 4.90 Å². The summed E-state index contributed by atoms with van der Waals surface area (Å²) in [6, 6.07) is 10.3. The van der Waals surface area contributed by atoms with Gasteiger partial charge in [0.15, 0.2) is 0 Å². The molecule has 1 fully saturated rings. The number of morpholine rings is 1. The average Bonchev–Trinajstić information content (AvgIpc) is 2.37. The lowest BCUT2D eigenvalue weighted by Crippen LogP contribution is -2.52. The second-order valence-electron chi connectivity index (χ2n) is 4.49. The lowest BCUT2D eigenvalue weighted by Gasteiger charge is -2.38. The van der Waals surface area contributed by atoms with Gasteiger partial charge in [0.2, 0.25) is 0 Å². The molecule has 1 amide bonds. The molecule has 0 aromatic heterocycles. The molecule has 1 aliphatic heterocycles. The van der Waals surface area contributed by atoms with E-state index < -0.39 is 0 Å². The Morgan fingerprint density at radius 3 is 2.71 bits per heavy atom. The number of carbonyl (C=O) groups is 1. The third-order valence-corrected chi connectivity index (χ3v) is 3.28. The summed E-state index contributed by atoms with van der Waals surface area (Å²) < 4.78 is 5.47. The molecular weight excluding hydrogens is 214 g/mol. The van der Waals surface area contributed by atoms with Gasteiger partial charge in [-0.15, -0.1) is 0 Å². The molecule has 0 radical (unpaired) electrons. The van der Waals surface area contributed by atoms with E-state index in [1.54, 1.807) is 0 Å². The molecule has 3 nitrogen and oxygen atoms in total. The van der Waals surface area contributed by atoms with E-state index in [-0.39, 0.29) is 18.1 Å². The topological polar surface area (TPSA) is 29.5 Å². The normalized spacial score (nSPS) is 25.1. The van der Waals surface area contributed by atoms with Crippen LogP contribution in [0.5, 0.6) is 0 Å². The van der Waals surface area contributed by atoms with Crippen LogP contribution in [0.3, 0.4) is 0 Å². The summed E-state index contributed by atoms with van der Waals surface area (Å²) >= 11 is 0. The van der Waals surface area contributed by atoms with Crippen LogP contribution in [0.2, 0.25) is 0 Å². The molecule has 0 bridgehead atoms. The number of carbonyl (C=O) groups excluding carboxylic acids is 1. The summed E-state index contributed by atoms with van der Waals surface area (Å²) in [6.45, 7) is 5.25. The summed E-state index contributed by atoms with van der Waals surface area (Å²) in [6.07, 6.45) is 0.632. The number of hydrogen-bond donors (Lipinski definition) is 0. The van der Waals surface area contributed by atoms with E-state index in [0.29, 0.717) is 13.2 Å². The highest BCUT2D eigenvalue weighted by Gasteiger charge is 2.32. The summed E-state index contributed by atoms with van der Waals surface area (Å²) in [5.74, 6) is 0.104. The number of amides is 1. The van der Waals surface area contributed by atoms with Crippen molar-refractivity contribution in [3.63, 3.8) is 0 Å². The van der Waals surface area contributed by atoms with Crippen LogP contribution in [0.1, 0.15) is 25.8 Å². The third-order valence-electron chi connectivity index (χ3n) is 3.28. The second kappa shape index (κ2) is 5.32. The molecule has 1 aromatic rings. The van der Waals surface area contributed by atoms with Gasteiger partial charge in [-0.2, -0.15) is 0 Å². The summed E-state index contributed by atoms with van der Waals surface area (Å²) in [5.41, 5.74) is 1.17. The lowest BCUT2D eigenvalue weighted by molar-refractivity contribution is -0.158. The van der Waals surface area contributed by atoms with Gasteiger partial charge in [-0.3, -0.25) is 4.79 Å². The maximum atomic E-state index is 12.1. The van der Waals surface area contributed by atoms with Crippen LogP contribution in [0, 0.1) is 0 Å². The van der Waals surface area contributed by atoms with Crippen molar-refractivity contribution in [3.05, 3.63) is 35.9 Å². The summed E-state index contributed by atoms with van der Waals surface area (Å²) in [7, 11) is 0. The number of rotatable bonds is 3. The number of benzene rings is 1. The molecule has 1 aromatic carbocycles. The smallest absolute Gasteiger partial charge is 0.252 e. The molecule has 1 saturated heterocycles. The maximum absolute atomic E-state index is 12.1. The molecule has 2 rings (SSSR count). The average molecular weight is 233 g/mol. The SMILES string of the molecule is CCC1COC(C)C(=O)N1Cc1ccccc1. The Morgan fingerprint density at radius 2 is 2.06 bits per heavy atom. The van der Waals surface area contributed by atoms with Crippen molar-refractivity contribution in [3.8, 4) is 0 Å². The van der Waals surface area contributed by atoms with Crippen molar-refractivity contribution in [2.75, 3.05) is 6.61 Å². The molecule has 17 heavy (non-hydrogen) atoms. The maximum Gasteiger partial charge on any atom is 0.252 e. The van der Waals surface area contributed by atoms with Crippen LogP contribution in [0.4, 0.5) is 0 Å². The third kappa shape index (κ3) is 2.67. The Hall–Kier alpha value is -1.35. The minimum Gasteiger partial charge on any atom is -0.367 e. The van der Waals surface area contributed by atoms with Crippen LogP contribution >= 0.6 is 0 Å². The van der Waals surface area contributed by atoms with E-state index in [9.17, 15) is 4.79 Å². The van der Waals surface area contributed by atoms with E-state index in [2.05, 4.69) is 19.1 Å². The number of nitrogens with zero attached hydrogens (tertiary/aromatic N) is 1. The highest BCUT2D eigenvalue weighted by atomic mass is 16.5. The van der Waals surface area contributed by atoms with Gasteiger partial charge in [0.25, 0.3) is 5.91 Å². The van der Waals surface area contributed by atoms with Crippen LogP contribution in [-0.2, 0) is 16.1 Å². The molecule has 0 N–H and O–H groups in total. The van der Waals surface area contributed by atoms with Gasteiger partial charge in [-0.1, -0.05) is 37.3 Å². The molecule has 0 saturated carbocycles. The van der Waals surface area contributed by atoms with Crippen LogP contribution in [-0.4, -0.2) is 29.6 Å². The first-order valence-corrected chi connectivity index (χ1v) is 6.18. The van der Waals surface area contributed by atoms with Crippen LogP contribution in [0.15, 0.2) is 30.3 Å². The van der Waals surface area contributed by atoms with Crippen molar-refractivity contribution in [2.45, 2.75) is 39.0 Å². The van der Waals surface area contributed by atoms with Gasteiger partial charge < -0.3 is 9.64 Å². The predicted molar refractivity (Wildman–Crippen MR) is 66.5 cm³/mol. The number of ether oxygens (including phenoxy) is 1. The van der Waals surface area contributed by atoms with E-state index in [1.165, 1.54) is 5.56 Å². The van der Waals surface area contributed by atoms with Gasteiger partial charge >= 0.3 is 0 Å². The largest absolute Gasteiger partial charge is 0.367 e. The zero-order valence-electron chi connectivity index (χ0n) is 10.4. The van der Waals surface area contributed by atoms with Crippen molar-refractivity contribution in [1.29, 1.82) is 0 Å². The minimum absolute atomic E-state index is 0.104. The van der Waals surface area contributed by atoms with Gasteiger partial charge in [-0.05, 0) is 18.9 Å². The van der Waals surface area contributed by atoms with Gasteiger partial charge in [0, 0.05) is 6.54 Å². The molecule has 0 spiro atoms. The van der Waals surface area contributed by atoms with E-state index in [1.807, 2.05) is 30.0 Å². The molecule has 2 atom stereocenters. The highest BCUT2D eigenvalue weighted by Crippen LogP contribution is 2.18. The Bertz CT molecular complexity index is 377. The highest BCUT2D eigenvalue weighted by molar-refractivity contribution is 5.81. The van der Waals surface area contributed by atoms with E-state index in [4.69, 9.17) is 4.74 Å². The quantitative estimate of drug-likeness (QED) is 0.801. The van der Waals surface area contributed by atoms with Gasteiger partial charge in [-0.25, -0.2) is 0 Å². The first kappa shape index (κ1) is 12.1. The van der Waals surface area contributed by atoms with Crippen LogP contribution in [0.25, 0.3) is 0 Å². The fraction of sp³-hybridized carbons (Fsp3) is 0.500. The fourth-order valence-electron chi connectivity index (χ4n) is 2.16. The molecule has 0 aliphatic carbocycles. The molecule has 3 heteroatoms. The Balaban J connectivity index is 2.13. The van der Waals surface area contributed by atoms with Crippen molar-refractivity contribution < 1.29 is 9.53 Å². The van der Waals surface area contributed by atoms with Crippen molar-refractivity contribution >= 4 is 5.91 Å². The monoisotopic (exact) mass is 233 g/mol. The Morgan fingerprint density at radius 1 is 1.35 bits per heavy atom. The fourth-order valence-corrected chi connectivity index (χ4v) is 2.16. The standard InChI is InChI=1S/C14H19NO2/c1-3-13-10-17-11(2)14(16)15(13)9-12-7-5-4-6-8-12/h4-8,11,13H,3,9-10H2,1-2H3. The first-order valence-electron chi connectivity index (χ1n) is 6.18. The Kier molecular flexibility index (Phi) is 3.79. The van der Waals surface area contributed by atoms with Crippen molar-refractivity contribution in [2.24, 2.45) is 0 Å².